The number of nitrogens with one attached hydrogen (secondary N) is 2. The molecule has 0 radical (unpaired) electrons. The number of aryl methyl sites for hydroxylation is 1. The van der Waals surface area contributed by atoms with Gasteiger partial charge in [0.05, 0.1) is 5.69 Å². The summed E-state index contributed by atoms with van der Waals surface area (Å²) in [6.45, 7) is 0.787. The second kappa shape index (κ2) is 6.00. The zero-order valence-electron chi connectivity index (χ0n) is 11.3. The number of anilines is 1. The molecule has 1 heterocycles. The zero-order chi connectivity index (χ0) is 14.7. The molecular formula is C14H18F2N4. The lowest BCUT2D eigenvalue weighted by Crippen LogP contribution is -2.39. The van der Waals surface area contributed by atoms with Crippen molar-refractivity contribution in [3.05, 3.63) is 35.0 Å². The Kier molecular flexibility index (Phi) is 4.34. The first kappa shape index (κ1) is 14.5. The summed E-state index contributed by atoms with van der Waals surface area (Å²) in [5.41, 5.74) is 10.8. The number of hydrazine groups is 1. The maximum Gasteiger partial charge on any atom is 0.264 e. The van der Waals surface area contributed by atoms with E-state index in [0.29, 0.717) is 11.1 Å². The fraction of sp³-hybridized carbons (Fsp3) is 0.357. The molecule has 108 valence electrons. The number of allylic oxidation sites excluding steroid dienone is 1. The lowest BCUT2D eigenvalue weighted by molar-refractivity contribution is 0.151. The minimum Gasteiger partial charge on any atom is -0.404 e. The number of halogens is 2. The maximum atomic E-state index is 13.3. The molecule has 0 bridgehead atoms. The van der Waals surface area contributed by atoms with E-state index in [1.807, 2.05) is 5.01 Å². The second-order valence-electron chi connectivity index (χ2n) is 4.61. The van der Waals surface area contributed by atoms with Gasteiger partial charge >= 0.3 is 0 Å². The van der Waals surface area contributed by atoms with E-state index in [9.17, 15) is 8.78 Å². The Morgan fingerprint density at radius 1 is 1.50 bits per heavy atom. The molecule has 20 heavy (non-hydrogen) atoms. The van der Waals surface area contributed by atoms with E-state index in [1.165, 1.54) is 12.3 Å². The van der Waals surface area contributed by atoms with Gasteiger partial charge in [-0.2, -0.15) is 0 Å². The maximum absolute atomic E-state index is 13.3. The highest BCUT2D eigenvalue weighted by Crippen LogP contribution is 2.35. The number of rotatable bonds is 4. The van der Waals surface area contributed by atoms with Crippen molar-refractivity contribution in [2.45, 2.75) is 19.3 Å². The predicted octanol–water partition coefficient (Wildman–Crippen LogP) is 2.46. The van der Waals surface area contributed by atoms with Crippen LogP contribution in [0.25, 0.3) is 5.57 Å². The molecule has 0 spiro atoms. The molecule has 0 fully saturated rings. The van der Waals surface area contributed by atoms with E-state index in [-0.39, 0.29) is 5.56 Å². The van der Waals surface area contributed by atoms with Crippen molar-refractivity contribution < 1.29 is 8.78 Å². The molecule has 0 saturated carbocycles. The van der Waals surface area contributed by atoms with E-state index in [0.717, 1.165) is 36.9 Å². The number of nitrogens with zero attached hydrogens (tertiary/aromatic N) is 1. The minimum absolute atomic E-state index is 0.0916. The van der Waals surface area contributed by atoms with Crippen LogP contribution < -0.4 is 16.2 Å². The normalized spacial score (nSPS) is 15.4. The summed E-state index contributed by atoms with van der Waals surface area (Å²) in [5, 5.41) is 9.18. The molecule has 6 heteroatoms. The first-order valence-corrected chi connectivity index (χ1v) is 6.45. The number of hydrogen-bond donors (Lipinski definition) is 3. The Morgan fingerprint density at radius 2 is 2.25 bits per heavy atom. The van der Waals surface area contributed by atoms with Crippen LogP contribution >= 0.6 is 0 Å². The smallest absolute Gasteiger partial charge is 0.264 e. The van der Waals surface area contributed by atoms with Crippen molar-refractivity contribution >= 4 is 17.5 Å². The first-order chi connectivity index (χ1) is 9.62. The van der Waals surface area contributed by atoms with E-state index in [2.05, 4.69) is 5.43 Å². The van der Waals surface area contributed by atoms with Gasteiger partial charge in [-0.15, -0.1) is 0 Å². The van der Waals surface area contributed by atoms with Crippen LogP contribution in [-0.4, -0.2) is 19.8 Å². The number of hydrogen-bond acceptors (Lipinski definition) is 4. The second-order valence-corrected chi connectivity index (χ2v) is 4.61. The summed E-state index contributed by atoms with van der Waals surface area (Å²) in [7, 11) is 1.77. The zero-order valence-corrected chi connectivity index (χ0v) is 11.3. The number of benzene rings is 1. The third-order valence-corrected chi connectivity index (χ3v) is 3.52. The fourth-order valence-electron chi connectivity index (χ4n) is 2.53. The Bertz CT molecular complexity index is 540. The monoisotopic (exact) mass is 280 g/mol. The van der Waals surface area contributed by atoms with Gasteiger partial charge in [0, 0.05) is 37.1 Å². The van der Waals surface area contributed by atoms with Crippen LogP contribution in [0.5, 0.6) is 0 Å². The number of nitrogens with two attached hydrogens (primary N) is 1. The molecule has 4 nitrogen and oxygen atoms in total. The topological polar surface area (TPSA) is 65.1 Å². The molecule has 2 rings (SSSR count). The molecule has 1 aromatic rings. The van der Waals surface area contributed by atoms with Crippen LogP contribution in [0, 0.1) is 5.41 Å². The van der Waals surface area contributed by atoms with Crippen molar-refractivity contribution in [2.24, 2.45) is 5.73 Å². The molecule has 4 N–H and O–H groups in total. The number of fused-ring (bicyclic) bond motifs is 1. The van der Waals surface area contributed by atoms with Crippen LogP contribution in [0.1, 0.15) is 29.5 Å². The average Bonchev–Trinajstić information content (AvgIpc) is 2.46. The molecule has 1 aromatic carbocycles. The molecule has 0 aliphatic carbocycles. The highest BCUT2D eigenvalue weighted by Gasteiger charge is 2.23. The van der Waals surface area contributed by atoms with Gasteiger partial charge in [-0.25, -0.2) is 14.2 Å². The Morgan fingerprint density at radius 3 is 2.80 bits per heavy atom. The third kappa shape index (κ3) is 2.51. The van der Waals surface area contributed by atoms with Gasteiger partial charge in [-0.1, -0.05) is 0 Å². The van der Waals surface area contributed by atoms with Gasteiger partial charge in [0.1, 0.15) is 0 Å². The molecule has 0 saturated heterocycles. The van der Waals surface area contributed by atoms with E-state index < -0.39 is 6.43 Å². The van der Waals surface area contributed by atoms with Crippen molar-refractivity contribution in [1.29, 1.82) is 5.41 Å². The largest absolute Gasteiger partial charge is 0.404 e. The van der Waals surface area contributed by atoms with Crippen molar-refractivity contribution in [3.63, 3.8) is 0 Å². The Hall–Kier alpha value is -1.95. The third-order valence-electron chi connectivity index (χ3n) is 3.52. The summed E-state index contributed by atoms with van der Waals surface area (Å²) in [5.74, 6) is 0. The first-order valence-electron chi connectivity index (χ1n) is 6.45. The highest BCUT2D eigenvalue weighted by molar-refractivity contribution is 6.09. The van der Waals surface area contributed by atoms with Gasteiger partial charge in [0.2, 0.25) is 0 Å². The van der Waals surface area contributed by atoms with Crippen molar-refractivity contribution in [3.8, 4) is 0 Å². The molecule has 1 aliphatic rings. The summed E-state index contributed by atoms with van der Waals surface area (Å²) >= 11 is 0. The molecule has 0 aromatic heterocycles. The molecule has 1 aliphatic heterocycles. The molecule has 0 unspecified atom stereocenters. The molecule has 0 amide bonds. The molecular weight excluding hydrogens is 262 g/mol. The average molecular weight is 280 g/mol. The van der Waals surface area contributed by atoms with Crippen LogP contribution in [0.15, 0.2) is 18.3 Å². The Labute approximate surface area is 116 Å². The van der Waals surface area contributed by atoms with E-state index >= 15 is 0 Å². The van der Waals surface area contributed by atoms with Crippen LogP contribution in [0.2, 0.25) is 0 Å². The van der Waals surface area contributed by atoms with E-state index in [1.54, 1.807) is 13.1 Å². The van der Waals surface area contributed by atoms with Crippen LogP contribution in [0.3, 0.4) is 0 Å². The lowest BCUT2D eigenvalue weighted by Gasteiger charge is -2.31. The molecule has 0 atom stereocenters. The Balaban J connectivity index is 2.61. The van der Waals surface area contributed by atoms with Gasteiger partial charge < -0.3 is 16.2 Å². The summed E-state index contributed by atoms with van der Waals surface area (Å²) < 4.78 is 26.6. The van der Waals surface area contributed by atoms with E-state index in [4.69, 9.17) is 11.1 Å². The SMILES string of the molecule is CNN1CCCc2cc(/C(C=N)=C/N)c(C(F)F)cc21. The predicted molar refractivity (Wildman–Crippen MR) is 77.1 cm³/mol. The summed E-state index contributed by atoms with van der Waals surface area (Å²) in [6, 6.07) is 3.22. The van der Waals surface area contributed by atoms with Gasteiger partial charge in [0.15, 0.2) is 0 Å². The summed E-state index contributed by atoms with van der Waals surface area (Å²) in [6.07, 6.45) is 1.38. The minimum atomic E-state index is -2.61. The van der Waals surface area contributed by atoms with Gasteiger partial charge in [-0.3, -0.25) is 0 Å². The quantitative estimate of drug-likeness (QED) is 0.742. The standard InChI is InChI=1S/C14H18F2N4/c1-19-20-4-2-3-9-5-11(10(7-17)8-18)12(14(15)16)6-13(9)20/h5-8,14,17,19H,2-4,18H2,1H3/b10-8+,17-7?. The lowest BCUT2D eigenvalue weighted by atomic mass is 9.93. The van der Waals surface area contributed by atoms with Gasteiger partial charge in [-0.05, 0) is 36.1 Å². The van der Waals surface area contributed by atoms with Crippen molar-refractivity contribution in [1.82, 2.24) is 5.43 Å². The fourth-order valence-corrected chi connectivity index (χ4v) is 2.53. The van der Waals surface area contributed by atoms with Gasteiger partial charge in [0.25, 0.3) is 6.43 Å². The van der Waals surface area contributed by atoms with Crippen LogP contribution in [0.4, 0.5) is 14.5 Å². The highest BCUT2D eigenvalue weighted by atomic mass is 19.3. The summed E-state index contributed by atoms with van der Waals surface area (Å²) in [4.78, 5) is 0. The van der Waals surface area contributed by atoms with Crippen molar-refractivity contribution in [2.75, 3.05) is 18.6 Å². The van der Waals surface area contributed by atoms with Crippen LogP contribution in [-0.2, 0) is 6.42 Å². The number of alkyl halides is 2.